The van der Waals surface area contributed by atoms with E-state index < -0.39 is 8.32 Å². The maximum atomic E-state index is 6.96. The van der Waals surface area contributed by atoms with Crippen molar-refractivity contribution in [2.24, 2.45) is 5.41 Å². The Bertz CT molecular complexity index is 1430. The molecule has 2 aromatic heterocycles. The lowest BCUT2D eigenvalue weighted by Crippen LogP contribution is -2.45. The van der Waals surface area contributed by atoms with Crippen LogP contribution in [0, 0.1) is 5.41 Å². The number of anilines is 1. The van der Waals surface area contributed by atoms with Crippen molar-refractivity contribution in [2.45, 2.75) is 117 Å². The second-order valence-corrected chi connectivity index (χ2v) is 20.8. The van der Waals surface area contributed by atoms with Crippen LogP contribution in [-0.2, 0) is 9.16 Å². The lowest BCUT2D eigenvalue weighted by Gasteiger charge is -2.39. The van der Waals surface area contributed by atoms with E-state index in [1.54, 1.807) is 0 Å². The molecule has 7 nitrogen and oxygen atoms in total. The predicted octanol–water partition coefficient (Wildman–Crippen LogP) is 8.83. The van der Waals surface area contributed by atoms with Crippen LogP contribution in [0.4, 0.5) is 5.82 Å². The topological polar surface area (TPSA) is 61.1 Å². The van der Waals surface area contributed by atoms with Crippen molar-refractivity contribution >= 4 is 19.8 Å². The zero-order chi connectivity index (χ0) is 31.9. The van der Waals surface area contributed by atoms with Crippen LogP contribution in [0.15, 0.2) is 30.5 Å². The summed E-state index contributed by atoms with van der Waals surface area (Å²) in [6.07, 6.45) is 6.60. The Labute approximate surface area is 266 Å². The van der Waals surface area contributed by atoms with Gasteiger partial charge in [0.1, 0.15) is 18.2 Å². The zero-order valence-corrected chi connectivity index (χ0v) is 30.0. The highest BCUT2D eigenvalue weighted by Crippen LogP contribution is 2.43. The first-order valence-corrected chi connectivity index (χ1v) is 19.7. The van der Waals surface area contributed by atoms with Gasteiger partial charge in [-0.25, -0.2) is 4.98 Å². The van der Waals surface area contributed by atoms with Gasteiger partial charge in [-0.05, 0) is 84.8 Å². The minimum absolute atomic E-state index is 0.0611. The van der Waals surface area contributed by atoms with E-state index in [1.165, 1.54) is 24.0 Å². The predicted molar refractivity (Wildman–Crippen MR) is 184 cm³/mol. The van der Waals surface area contributed by atoms with Gasteiger partial charge in [0.05, 0.1) is 31.2 Å². The highest BCUT2D eigenvalue weighted by Gasteiger charge is 2.39. The van der Waals surface area contributed by atoms with Crippen molar-refractivity contribution < 1.29 is 13.9 Å². The quantitative estimate of drug-likeness (QED) is 0.200. The molecule has 242 valence electrons. The molecule has 1 aliphatic carbocycles. The monoisotopic (exact) mass is 620 g/mol. The van der Waals surface area contributed by atoms with Crippen molar-refractivity contribution in [1.29, 1.82) is 0 Å². The van der Waals surface area contributed by atoms with E-state index in [4.69, 9.17) is 24.0 Å². The molecule has 8 heteroatoms. The Hall–Kier alpha value is -2.42. The largest absolute Gasteiger partial charge is 0.491 e. The molecule has 1 saturated heterocycles. The summed E-state index contributed by atoms with van der Waals surface area (Å²) in [5, 5.41) is 4.94. The zero-order valence-electron chi connectivity index (χ0n) is 29.0. The van der Waals surface area contributed by atoms with Gasteiger partial charge in [-0.2, -0.15) is 9.61 Å². The molecule has 3 aromatic rings. The fraction of sp³-hybridized carbons (Fsp3) is 0.667. The number of morpholine rings is 1. The van der Waals surface area contributed by atoms with E-state index in [1.807, 2.05) is 10.7 Å². The van der Waals surface area contributed by atoms with E-state index in [2.05, 4.69) is 97.6 Å². The molecule has 2 aliphatic rings. The van der Waals surface area contributed by atoms with Crippen LogP contribution in [0.3, 0.4) is 0 Å². The van der Waals surface area contributed by atoms with Crippen LogP contribution in [0.25, 0.3) is 16.9 Å². The fourth-order valence-electron chi connectivity index (χ4n) is 5.60. The third-order valence-corrected chi connectivity index (χ3v) is 14.2. The number of nitrogens with zero attached hydrogens (tertiary/aromatic N) is 4. The fourth-order valence-corrected chi connectivity index (χ4v) is 6.97. The molecule has 2 fully saturated rings. The smallest absolute Gasteiger partial charge is 0.192 e. The highest BCUT2D eigenvalue weighted by atomic mass is 28.4. The maximum absolute atomic E-state index is 6.96. The van der Waals surface area contributed by atoms with Gasteiger partial charge >= 0.3 is 0 Å². The maximum Gasteiger partial charge on any atom is 0.192 e. The summed E-state index contributed by atoms with van der Waals surface area (Å²) in [6, 6.07) is 8.99. The highest BCUT2D eigenvalue weighted by molar-refractivity contribution is 6.74. The second kappa shape index (κ2) is 12.8. The summed E-state index contributed by atoms with van der Waals surface area (Å²) in [5.41, 5.74) is 5.77. The number of hydrogen-bond donors (Lipinski definition) is 0. The van der Waals surface area contributed by atoms with Crippen molar-refractivity contribution in [3.05, 3.63) is 41.6 Å². The summed E-state index contributed by atoms with van der Waals surface area (Å²) in [4.78, 5) is 7.61. The van der Waals surface area contributed by atoms with Crippen molar-refractivity contribution in [3.63, 3.8) is 0 Å². The van der Waals surface area contributed by atoms with E-state index in [9.17, 15) is 0 Å². The van der Waals surface area contributed by atoms with Crippen molar-refractivity contribution in [1.82, 2.24) is 14.6 Å². The van der Waals surface area contributed by atoms with Gasteiger partial charge in [0.25, 0.3) is 0 Å². The van der Waals surface area contributed by atoms with E-state index in [-0.39, 0.29) is 16.6 Å². The molecule has 1 saturated carbocycles. The van der Waals surface area contributed by atoms with E-state index in [0.29, 0.717) is 18.4 Å². The van der Waals surface area contributed by atoms with Crippen molar-refractivity contribution in [2.75, 3.05) is 37.8 Å². The standard InChI is InChI=1S/C36H56N4O3Si/c1-25(2)31-23-37-40-33(39-15-17-41-18-16-39)22-32(38-34(31)40)28-19-27(26-11-12-26)20-30(21-28)42-24-29(13-14-35(3,4)5)43-44(9,10)36(6,7)8/h19-23,25-26,29H,11-18,24H2,1-10H3. The molecule has 0 amide bonds. The summed E-state index contributed by atoms with van der Waals surface area (Å²) in [5.74, 6) is 2.91. The minimum Gasteiger partial charge on any atom is -0.491 e. The molecular formula is C36H56N4O3Si. The molecule has 44 heavy (non-hydrogen) atoms. The molecular weight excluding hydrogens is 565 g/mol. The Balaban J connectivity index is 1.49. The Morgan fingerprint density at radius 1 is 1.00 bits per heavy atom. The minimum atomic E-state index is -1.95. The molecule has 1 unspecified atom stereocenters. The van der Waals surface area contributed by atoms with Crippen LogP contribution in [0.2, 0.25) is 18.1 Å². The molecule has 0 radical (unpaired) electrons. The van der Waals surface area contributed by atoms with Crippen molar-refractivity contribution in [3.8, 4) is 17.0 Å². The SMILES string of the molecule is CC(C)c1cnn2c(N3CCOCC3)cc(-c3cc(OCC(CCC(C)(C)C)O[Si](C)(C)C(C)(C)C)cc(C4CC4)c3)nc12. The van der Waals surface area contributed by atoms with Gasteiger partial charge in [-0.3, -0.25) is 0 Å². The third kappa shape index (κ3) is 7.86. The number of aromatic nitrogens is 3. The molecule has 0 bridgehead atoms. The lowest BCUT2D eigenvalue weighted by molar-refractivity contribution is 0.0965. The van der Waals surface area contributed by atoms with Crippen LogP contribution in [0.1, 0.15) is 104 Å². The normalized spacial score (nSPS) is 17.5. The van der Waals surface area contributed by atoms with Gasteiger partial charge in [-0.15, -0.1) is 0 Å². The van der Waals surface area contributed by atoms with E-state index >= 15 is 0 Å². The summed E-state index contributed by atoms with van der Waals surface area (Å²) < 4.78 is 21.3. The van der Waals surface area contributed by atoms with Crippen LogP contribution in [-0.4, -0.2) is 61.9 Å². The van der Waals surface area contributed by atoms with Crippen LogP contribution in [0.5, 0.6) is 5.75 Å². The van der Waals surface area contributed by atoms with Crippen LogP contribution < -0.4 is 9.64 Å². The van der Waals surface area contributed by atoms with Gasteiger partial charge < -0.3 is 18.8 Å². The summed E-state index contributed by atoms with van der Waals surface area (Å²) in [7, 11) is -1.95. The number of hydrogen-bond acceptors (Lipinski definition) is 6. The van der Waals surface area contributed by atoms with Gasteiger partial charge in [0.2, 0.25) is 0 Å². The average molecular weight is 621 g/mol. The first-order valence-electron chi connectivity index (χ1n) is 16.8. The van der Waals surface area contributed by atoms with E-state index in [0.717, 1.165) is 67.6 Å². The molecule has 0 spiro atoms. The Morgan fingerprint density at radius 2 is 1.70 bits per heavy atom. The van der Waals surface area contributed by atoms with Gasteiger partial charge in [0.15, 0.2) is 14.0 Å². The molecule has 0 N–H and O–H groups in total. The number of benzene rings is 1. The average Bonchev–Trinajstić information content (AvgIpc) is 3.71. The van der Waals surface area contributed by atoms with Gasteiger partial charge in [0, 0.05) is 30.3 Å². The third-order valence-electron chi connectivity index (χ3n) is 9.63. The first-order chi connectivity index (χ1) is 20.6. The molecule has 3 heterocycles. The lowest BCUT2D eigenvalue weighted by atomic mass is 9.89. The summed E-state index contributed by atoms with van der Waals surface area (Å²) >= 11 is 0. The number of ether oxygens (including phenoxy) is 2. The number of fused-ring (bicyclic) bond motifs is 1. The van der Waals surface area contributed by atoms with Gasteiger partial charge in [-0.1, -0.05) is 55.4 Å². The van der Waals surface area contributed by atoms with Crippen LogP contribution >= 0.6 is 0 Å². The molecule has 1 aliphatic heterocycles. The molecule has 5 rings (SSSR count). The molecule has 1 atom stereocenters. The molecule has 1 aromatic carbocycles. The second-order valence-electron chi connectivity index (χ2n) is 16.1. The Kier molecular flexibility index (Phi) is 9.56. The Morgan fingerprint density at radius 3 is 2.32 bits per heavy atom. The first kappa shape index (κ1) is 33.0. The summed E-state index contributed by atoms with van der Waals surface area (Å²) in [6.45, 7) is 26.7. The number of rotatable bonds is 11.